The molecule has 0 spiro atoms. The molecular weight excluding hydrogens is 709 g/mol. The van der Waals surface area contributed by atoms with E-state index in [2.05, 4.69) is 45.1 Å². The van der Waals surface area contributed by atoms with Crippen molar-refractivity contribution >= 4 is 17.9 Å². The third-order valence-electron chi connectivity index (χ3n) is 10.9. The highest BCUT2D eigenvalue weighted by molar-refractivity contribution is 5.71. The van der Waals surface area contributed by atoms with Crippen LogP contribution in [0.4, 0.5) is 0 Å². The number of hydrogen-bond acceptors (Lipinski definition) is 6. The van der Waals surface area contributed by atoms with E-state index in [1.807, 2.05) is 0 Å². The second kappa shape index (κ2) is 46.6. The number of carbonyl (C=O) groups is 3. The zero-order valence-corrected chi connectivity index (χ0v) is 38.1. The van der Waals surface area contributed by atoms with E-state index in [4.69, 9.17) is 14.2 Å². The van der Waals surface area contributed by atoms with Gasteiger partial charge in [0.15, 0.2) is 6.10 Å². The Morgan fingerprint density at radius 2 is 0.596 bits per heavy atom. The Morgan fingerprint density at radius 1 is 0.333 bits per heavy atom. The fraction of sp³-hybridized carbons (Fsp3) is 0.863. The van der Waals surface area contributed by atoms with Crippen LogP contribution in [0.3, 0.4) is 0 Å². The minimum absolute atomic E-state index is 0.0752. The topological polar surface area (TPSA) is 78.9 Å². The SMILES string of the molecule is CCCC/C=C\CCCCCCCC(=O)OCC(COC(=O)CCCCCCC/C=C\CCCC)OC(=O)CCCCCCCCCCCCCCCCCCC. The van der Waals surface area contributed by atoms with E-state index in [1.165, 1.54) is 154 Å². The average molecular weight is 803 g/mol. The van der Waals surface area contributed by atoms with Crippen molar-refractivity contribution in [2.45, 2.75) is 271 Å². The standard InChI is InChI=1S/C51H94O6/c1-4-7-10-13-16-19-22-23-24-25-26-27-30-33-36-39-42-45-51(54)57-48(46-55-49(52)43-40-37-34-31-28-20-17-14-11-8-5-2)47-56-50(53)44-41-38-35-32-29-21-18-15-12-9-6-3/h14-15,17-18,48H,4-13,16,19-47H2,1-3H3/b17-14-,18-15-. The molecule has 0 fully saturated rings. The number of hydrogen-bond donors (Lipinski definition) is 0. The van der Waals surface area contributed by atoms with E-state index < -0.39 is 6.10 Å². The molecule has 0 rings (SSSR count). The second-order valence-electron chi connectivity index (χ2n) is 16.7. The predicted octanol–water partition coefficient (Wildman–Crippen LogP) is 16.0. The smallest absolute Gasteiger partial charge is 0.306 e. The lowest BCUT2D eigenvalue weighted by molar-refractivity contribution is -0.167. The van der Waals surface area contributed by atoms with Crippen molar-refractivity contribution in [3.8, 4) is 0 Å². The van der Waals surface area contributed by atoms with E-state index in [0.717, 1.165) is 70.6 Å². The number of allylic oxidation sites excluding steroid dienone is 4. The lowest BCUT2D eigenvalue weighted by atomic mass is 10.0. The van der Waals surface area contributed by atoms with Gasteiger partial charge in [0.1, 0.15) is 13.2 Å². The van der Waals surface area contributed by atoms with Crippen LogP contribution in [0.25, 0.3) is 0 Å². The van der Waals surface area contributed by atoms with Gasteiger partial charge in [0, 0.05) is 19.3 Å². The highest BCUT2D eigenvalue weighted by atomic mass is 16.6. The monoisotopic (exact) mass is 803 g/mol. The highest BCUT2D eigenvalue weighted by Gasteiger charge is 2.19. The second-order valence-corrected chi connectivity index (χ2v) is 16.7. The fourth-order valence-corrected chi connectivity index (χ4v) is 7.11. The van der Waals surface area contributed by atoms with Crippen LogP contribution >= 0.6 is 0 Å². The van der Waals surface area contributed by atoms with Crippen molar-refractivity contribution in [2.24, 2.45) is 0 Å². The van der Waals surface area contributed by atoms with Crippen molar-refractivity contribution in [2.75, 3.05) is 13.2 Å². The summed E-state index contributed by atoms with van der Waals surface area (Å²) in [6, 6.07) is 0. The molecule has 0 radical (unpaired) electrons. The first-order valence-corrected chi connectivity index (χ1v) is 24.8. The summed E-state index contributed by atoms with van der Waals surface area (Å²) in [7, 11) is 0. The minimum atomic E-state index is -0.771. The number of carbonyl (C=O) groups excluding carboxylic acids is 3. The molecule has 0 bridgehead atoms. The molecule has 0 saturated heterocycles. The zero-order chi connectivity index (χ0) is 41.5. The lowest BCUT2D eigenvalue weighted by Crippen LogP contribution is -2.30. The third-order valence-corrected chi connectivity index (χ3v) is 10.9. The Bertz CT molecular complexity index is 879. The summed E-state index contributed by atoms with van der Waals surface area (Å²) in [6.07, 6.45) is 51.6. The quantitative estimate of drug-likeness (QED) is 0.0264. The molecule has 0 aromatic carbocycles. The molecule has 0 aliphatic heterocycles. The van der Waals surface area contributed by atoms with Crippen molar-refractivity contribution in [1.82, 2.24) is 0 Å². The lowest BCUT2D eigenvalue weighted by Gasteiger charge is -2.18. The molecule has 0 saturated carbocycles. The largest absolute Gasteiger partial charge is 0.462 e. The van der Waals surface area contributed by atoms with Gasteiger partial charge in [-0.05, 0) is 57.8 Å². The molecule has 0 aromatic rings. The Hall–Kier alpha value is -2.11. The molecule has 6 heteroatoms. The first-order valence-electron chi connectivity index (χ1n) is 24.8. The zero-order valence-electron chi connectivity index (χ0n) is 38.1. The van der Waals surface area contributed by atoms with E-state index >= 15 is 0 Å². The molecule has 0 unspecified atom stereocenters. The van der Waals surface area contributed by atoms with Crippen LogP contribution in [-0.4, -0.2) is 37.2 Å². The molecular formula is C51H94O6. The highest BCUT2D eigenvalue weighted by Crippen LogP contribution is 2.16. The molecule has 6 nitrogen and oxygen atoms in total. The molecule has 57 heavy (non-hydrogen) atoms. The van der Waals surface area contributed by atoms with Gasteiger partial charge < -0.3 is 14.2 Å². The van der Waals surface area contributed by atoms with Gasteiger partial charge in [-0.25, -0.2) is 0 Å². The van der Waals surface area contributed by atoms with E-state index in [0.29, 0.717) is 19.3 Å². The summed E-state index contributed by atoms with van der Waals surface area (Å²) >= 11 is 0. The summed E-state index contributed by atoms with van der Waals surface area (Å²) < 4.78 is 16.7. The van der Waals surface area contributed by atoms with E-state index in [9.17, 15) is 14.4 Å². The van der Waals surface area contributed by atoms with Crippen molar-refractivity contribution in [3.63, 3.8) is 0 Å². The summed E-state index contributed by atoms with van der Waals surface area (Å²) in [5, 5.41) is 0. The van der Waals surface area contributed by atoms with Crippen LogP contribution in [0.2, 0.25) is 0 Å². The van der Waals surface area contributed by atoms with Crippen LogP contribution < -0.4 is 0 Å². The van der Waals surface area contributed by atoms with Crippen LogP contribution in [0.1, 0.15) is 265 Å². The van der Waals surface area contributed by atoms with Crippen LogP contribution in [0, 0.1) is 0 Å². The Labute approximate surface area is 353 Å². The Kier molecular flexibility index (Phi) is 44.9. The van der Waals surface area contributed by atoms with Crippen molar-refractivity contribution < 1.29 is 28.6 Å². The molecule has 0 aliphatic rings. The molecule has 0 heterocycles. The summed E-state index contributed by atoms with van der Waals surface area (Å²) in [6.45, 7) is 6.57. The number of rotatable bonds is 45. The van der Waals surface area contributed by atoms with E-state index in [-0.39, 0.29) is 31.1 Å². The average Bonchev–Trinajstić information content (AvgIpc) is 3.21. The first-order chi connectivity index (χ1) is 28.0. The normalized spacial score (nSPS) is 11.6. The van der Waals surface area contributed by atoms with Crippen LogP contribution in [0.5, 0.6) is 0 Å². The predicted molar refractivity (Wildman–Crippen MR) is 243 cm³/mol. The maximum atomic E-state index is 12.8. The number of unbranched alkanes of at least 4 members (excludes halogenated alkanes) is 30. The number of ether oxygens (including phenoxy) is 3. The fourth-order valence-electron chi connectivity index (χ4n) is 7.11. The molecule has 0 aromatic heterocycles. The first kappa shape index (κ1) is 54.9. The summed E-state index contributed by atoms with van der Waals surface area (Å²) in [5.41, 5.74) is 0. The number of esters is 3. The van der Waals surface area contributed by atoms with Gasteiger partial charge in [-0.2, -0.15) is 0 Å². The van der Waals surface area contributed by atoms with Gasteiger partial charge in [-0.3, -0.25) is 14.4 Å². The maximum Gasteiger partial charge on any atom is 0.306 e. The van der Waals surface area contributed by atoms with Gasteiger partial charge >= 0.3 is 17.9 Å². The summed E-state index contributed by atoms with van der Waals surface area (Å²) in [4.78, 5) is 37.8. The van der Waals surface area contributed by atoms with Crippen molar-refractivity contribution in [3.05, 3.63) is 24.3 Å². The molecule has 0 aliphatic carbocycles. The Balaban J connectivity index is 4.32. The third kappa shape index (κ3) is 44.8. The molecule has 0 N–H and O–H groups in total. The minimum Gasteiger partial charge on any atom is -0.462 e. The van der Waals surface area contributed by atoms with Gasteiger partial charge in [0.2, 0.25) is 0 Å². The van der Waals surface area contributed by atoms with Crippen LogP contribution in [-0.2, 0) is 28.6 Å². The Morgan fingerprint density at radius 3 is 0.930 bits per heavy atom. The van der Waals surface area contributed by atoms with Gasteiger partial charge in [0.25, 0.3) is 0 Å². The molecule has 0 atom stereocenters. The van der Waals surface area contributed by atoms with Gasteiger partial charge in [-0.15, -0.1) is 0 Å². The molecule has 334 valence electrons. The van der Waals surface area contributed by atoms with Crippen LogP contribution in [0.15, 0.2) is 24.3 Å². The van der Waals surface area contributed by atoms with Gasteiger partial charge in [0.05, 0.1) is 0 Å². The van der Waals surface area contributed by atoms with Crippen molar-refractivity contribution in [1.29, 1.82) is 0 Å². The maximum absolute atomic E-state index is 12.8. The summed E-state index contributed by atoms with van der Waals surface area (Å²) in [5.74, 6) is -0.884. The molecule has 0 amide bonds. The van der Waals surface area contributed by atoms with E-state index in [1.54, 1.807) is 0 Å². The van der Waals surface area contributed by atoms with Gasteiger partial charge in [-0.1, -0.05) is 212 Å².